The van der Waals surface area contributed by atoms with Crippen LogP contribution < -0.4 is 5.32 Å². The number of nitrogens with zero attached hydrogens (tertiary/aromatic N) is 5. The van der Waals surface area contributed by atoms with Gasteiger partial charge >= 0.3 is 0 Å². The standard InChI is InChI=1S/C23H20N6S/c1-15-10-18(12-24-11-15)22-27-23(25-13-19-14-30-16(2)26-19)21-20(8-9-29(21)28-22)17-6-4-3-5-7-17/h3-12,14H,13H2,1-2H3,(H,25,27,28). The number of hydrogen-bond donors (Lipinski definition) is 1. The zero-order valence-corrected chi connectivity index (χ0v) is 17.5. The highest BCUT2D eigenvalue weighted by atomic mass is 32.1. The largest absolute Gasteiger partial charge is 0.362 e. The number of anilines is 1. The van der Waals surface area contributed by atoms with Crippen molar-refractivity contribution >= 4 is 22.7 Å². The number of fused-ring (bicyclic) bond motifs is 1. The van der Waals surface area contributed by atoms with E-state index in [2.05, 4.69) is 38.9 Å². The molecule has 0 radical (unpaired) electrons. The Bertz CT molecular complexity index is 1320. The zero-order valence-electron chi connectivity index (χ0n) is 16.7. The molecule has 0 bridgehead atoms. The summed E-state index contributed by atoms with van der Waals surface area (Å²) in [6, 6.07) is 14.4. The molecule has 0 unspecified atom stereocenters. The van der Waals surface area contributed by atoms with Gasteiger partial charge in [0.25, 0.3) is 0 Å². The van der Waals surface area contributed by atoms with Crippen LogP contribution >= 0.6 is 11.3 Å². The lowest BCUT2D eigenvalue weighted by molar-refractivity contribution is 0.906. The first-order valence-electron chi connectivity index (χ1n) is 9.69. The van der Waals surface area contributed by atoms with Crippen LogP contribution in [0.3, 0.4) is 0 Å². The van der Waals surface area contributed by atoms with Crippen molar-refractivity contribution in [3.05, 3.63) is 82.7 Å². The van der Waals surface area contributed by atoms with Gasteiger partial charge in [-0.2, -0.15) is 0 Å². The van der Waals surface area contributed by atoms with Crippen LogP contribution in [-0.4, -0.2) is 24.6 Å². The van der Waals surface area contributed by atoms with Gasteiger partial charge in [-0.1, -0.05) is 30.3 Å². The maximum atomic E-state index is 4.89. The highest BCUT2D eigenvalue weighted by Gasteiger charge is 2.15. The van der Waals surface area contributed by atoms with Gasteiger partial charge in [0, 0.05) is 35.1 Å². The molecule has 30 heavy (non-hydrogen) atoms. The Kier molecular flexibility index (Phi) is 4.72. The number of aryl methyl sites for hydroxylation is 2. The van der Waals surface area contributed by atoms with Crippen molar-refractivity contribution in [2.45, 2.75) is 20.4 Å². The minimum Gasteiger partial charge on any atom is -0.362 e. The van der Waals surface area contributed by atoms with Gasteiger partial charge in [-0.3, -0.25) is 4.98 Å². The van der Waals surface area contributed by atoms with Gasteiger partial charge < -0.3 is 5.32 Å². The summed E-state index contributed by atoms with van der Waals surface area (Å²) in [5.74, 6) is 1.40. The predicted octanol–water partition coefficient (Wildman–Crippen LogP) is 5.14. The van der Waals surface area contributed by atoms with Crippen molar-refractivity contribution in [3.63, 3.8) is 0 Å². The average molecular weight is 413 g/mol. The molecular formula is C23H20N6S. The fraction of sp³-hybridized carbons (Fsp3) is 0.130. The Hall–Kier alpha value is -3.58. The van der Waals surface area contributed by atoms with E-state index in [1.54, 1.807) is 17.5 Å². The van der Waals surface area contributed by atoms with Gasteiger partial charge in [-0.05, 0) is 37.1 Å². The number of hydrogen-bond acceptors (Lipinski definition) is 6. The Labute approximate surface area is 178 Å². The normalized spacial score (nSPS) is 11.1. The summed E-state index contributed by atoms with van der Waals surface area (Å²) in [5, 5.41) is 11.4. The molecule has 0 aliphatic carbocycles. The van der Waals surface area contributed by atoms with E-state index in [0.29, 0.717) is 12.4 Å². The van der Waals surface area contributed by atoms with Crippen molar-refractivity contribution in [1.29, 1.82) is 0 Å². The van der Waals surface area contributed by atoms with Crippen molar-refractivity contribution in [1.82, 2.24) is 24.6 Å². The Morgan fingerprint density at radius 1 is 1.00 bits per heavy atom. The molecule has 0 saturated carbocycles. The minimum absolute atomic E-state index is 0.599. The van der Waals surface area contributed by atoms with Gasteiger partial charge in [-0.25, -0.2) is 14.5 Å². The summed E-state index contributed by atoms with van der Waals surface area (Å²) >= 11 is 1.65. The van der Waals surface area contributed by atoms with E-state index in [1.165, 1.54) is 0 Å². The molecule has 1 N–H and O–H groups in total. The SMILES string of the molecule is Cc1cncc(-c2nc(NCc3csc(C)n3)c3c(-c4ccccc4)ccn3n2)c1. The number of thiazole rings is 1. The van der Waals surface area contributed by atoms with Crippen LogP contribution in [0.2, 0.25) is 0 Å². The second-order valence-electron chi connectivity index (χ2n) is 7.14. The van der Waals surface area contributed by atoms with Gasteiger partial charge in [0.1, 0.15) is 5.52 Å². The number of benzene rings is 1. The van der Waals surface area contributed by atoms with Crippen LogP contribution in [0.15, 0.2) is 66.4 Å². The molecule has 0 fully saturated rings. The smallest absolute Gasteiger partial charge is 0.183 e. The monoisotopic (exact) mass is 412 g/mol. The predicted molar refractivity (Wildman–Crippen MR) is 121 cm³/mol. The number of nitrogens with one attached hydrogen (secondary N) is 1. The van der Waals surface area contributed by atoms with E-state index >= 15 is 0 Å². The Morgan fingerprint density at radius 3 is 2.63 bits per heavy atom. The lowest BCUT2D eigenvalue weighted by Crippen LogP contribution is -2.07. The molecule has 0 amide bonds. The number of aromatic nitrogens is 5. The first-order chi connectivity index (χ1) is 14.7. The molecule has 148 valence electrons. The molecule has 5 rings (SSSR count). The molecule has 1 aromatic carbocycles. The summed E-state index contributed by atoms with van der Waals surface area (Å²) in [4.78, 5) is 13.7. The molecule has 6 nitrogen and oxygen atoms in total. The molecule has 7 heteroatoms. The minimum atomic E-state index is 0.599. The summed E-state index contributed by atoms with van der Waals surface area (Å²) in [5.41, 5.74) is 6.11. The van der Waals surface area contributed by atoms with Crippen molar-refractivity contribution in [2.75, 3.05) is 5.32 Å². The van der Waals surface area contributed by atoms with Gasteiger partial charge in [-0.15, -0.1) is 16.4 Å². The molecule has 5 aromatic rings. The summed E-state index contributed by atoms with van der Waals surface area (Å²) in [6.07, 6.45) is 5.60. The molecule has 0 aliphatic heterocycles. The fourth-order valence-corrected chi connectivity index (χ4v) is 4.07. The van der Waals surface area contributed by atoms with Crippen molar-refractivity contribution in [3.8, 4) is 22.5 Å². The number of rotatable bonds is 5. The van der Waals surface area contributed by atoms with E-state index in [4.69, 9.17) is 10.1 Å². The van der Waals surface area contributed by atoms with Gasteiger partial charge in [0.05, 0.1) is 17.2 Å². The topological polar surface area (TPSA) is 68.0 Å². The van der Waals surface area contributed by atoms with Gasteiger partial charge in [0.2, 0.25) is 0 Å². The van der Waals surface area contributed by atoms with E-state index in [1.807, 2.05) is 55.0 Å². The zero-order chi connectivity index (χ0) is 20.5. The fourth-order valence-electron chi connectivity index (χ4n) is 3.46. The van der Waals surface area contributed by atoms with Gasteiger partial charge in [0.15, 0.2) is 11.6 Å². The third-order valence-electron chi connectivity index (χ3n) is 4.83. The second kappa shape index (κ2) is 7.68. The first kappa shape index (κ1) is 18.4. The second-order valence-corrected chi connectivity index (χ2v) is 8.20. The maximum Gasteiger partial charge on any atom is 0.183 e. The Balaban J connectivity index is 1.64. The molecular weight excluding hydrogens is 392 g/mol. The van der Waals surface area contributed by atoms with E-state index in [0.717, 1.165) is 44.3 Å². The number of pyridine rings is 1. The lowest BCUT2D eigenvalue weighted by Gasteiger charge is -2.11. The van der Waals surface area contributed by atoms with Crippen LogP contribution in [0.5, 0.6) is 0 Å². The molecule has 0 atom stereocenters. The van der Waals surface area contributed by atoms with Crippen LogP contribution in [0.1, 0.15) is 16.3 Å². The molecule has 4 heterocycles. The lowest BCUT2D eigenvalue weighted by atomic mass is 10.1. The maximum absolute atomic E-state index is 4.89. The summed E-state index contributed by atoms with van der Waals surface area (Å²) in [7, 11) is 0. The average Bonchev–Trinajstić information content (AvgIpc) is 3.38. The van der Waals surface area contributed by atoms with E-state index in [-0.39, 0.29) is 0 Å². The van der Waals surface area contributed by atoms with Crippen molar-refractivity contribution < 1.29 is 0 Å². The molecule has 4 aromatic heterocycles. The molecule has 0 spiro atoms. The van der Waals surface area contributed by atoms with Crippen LogP contribution in [-0.2, 0) is 6.54 Å². The third-order valence-corrected chi connectivity index (χ3v) is 5.65. The van der Waals surface area contributed by atoms with Crippen molar-refractivity contribution in [2.24, 2.45) is 0 Å². The third kappa shape index (κ3) is 3.55. The molecule has 0 saturated heterocycles. The summed E-state index contributed by atoms with van der Waals surface area (Å²) in [6.45, 7) is 4.63. The Morgan fingerprint density at radius 2 is 1.87 bits per heavy atom. The summed E-state index contributed by atoms with van der Waals surface area (Å²) < 4.78 is 1.89. The highest BCUT2D eigenvalue weighted by Crippen LogP contribution is 2.31. The highest BCUT2D eigenvalue weighted by molar-refractivity contribution is 7.09. The first-order valence-corrected chi connectivity index (χ1v) is 10.6. The quantitative estimate of drug-likeness (QED) is 0.433. The van der Waals surface area contributed by atoms with E-state index < -0.39 is 0 Å². The van der Waals surface area contributed by atoms with Crippen LogP contribution in [0.25, 0.3) is 28.0 Å². The van der Waals surface area contributed by atoms with E-state index in [9.17, 15) is 0 Å². The van der Waals surface area contributed by atoms with Crippen LogP contribution in [0.4, 0.5) is 5.82 Å². The molecule has 0 aliphatic rings. The van der Waals surface area contributed by atoms with Crippen LogP contribution in [0, 0.1) is 13.8 Å².